The van der Waals surface area contributed by atoms with E-state index in [4.69, 9.17) is 0 Å². The van der Waals surface area contributed by atoms with Gasteiger partial charge < -0.3 is 5.32 Å². The van der Waals surface area contributed by atoms with Crippen molar-refractivity contribution < 1.29 is 13.2 Å². The van der Waals surface area contributed by atoms with Gasteiger partial charge in [0.1, 0.15) is 0 Å². The molecule has 6 nitrogen and oxygen atoms in total. The molecule has 1 atom stereocenters. The molecular formula is C25H33N3O3S. The van der Waals surface area contributed by atoms with Crippen LogP contribution in [0.25, 0.3) is 0 Å². The lowest BCUT2D eigenvalue weighted by Crippen LogP contribution is -2.38. The first-order valence-electron chi connectivity index (χ1n) is 11.6. The number of carbonyl (C=O) groups is 1. The van der Waals surface area contributed by atoms with Crippen LogP contribution in [0.2, 0.25) is 0 Å². The standard InChI is InChI=1S/C25H33N3O3S/c1-27(23-12-6-3-7-13-23)32(30,31)24-14-8-11-21(17-24)25(29)26-22-15-16-28(19-22)18-20-9-4-2-5-10-20/h2,4-5,8-11,14,17,22-23H,3,6-7,12-13,15-16,18-19H2,1H3,(H,26,29). The lowest BCUT2D eigenvalue weighted by atomic mass is 9.96. The Balaban J connectivity index is 1.38. The SMILES string of the molecule is CN(C1CCCCC1)S(=O)(=O)c1cccc(C(=O)NC2CCN(Cc3ccccc3)C2)c1. The van der Waals surface area contributed by atoms with Crippen LogP contribution in [0.5, 0.6) is 0 Å². The summed E-state index contributed by atoms with van der Waals surface area (Å²) in [7, 11) is -1.96. The molecule has 2 aromatic rings. The van der Waals surface area contributed by atoms with E-state index in [1.54, 1.807) is 25.2 Å². The Morgan fingerprint density at radius 3 is 2.53 bits per heavy atom. The first-order valence-corrected chi connectivity index (χ1v) is 13.0. The number of likely N-dealkylation sites (tertiary alicyclic amines) is 1. The number of hydrogen-bond acceptors (Lipinski definition) is 4. The van der Waals surface area contributed by atoms with Gasteiger partial charge in [-0.25, -0.2) is 8.42 Å². The Morgan fingerprint density at radius 1 is 1.03 bits per heavy atom. The van der Waals surface area contributed by atoms with Gasteiger partial charge in [0.15, 0.2) is 0 Å². The minimum absolute atomic E-state index is 0.0420. The van der Waals surface area contributed by atoms with Crippen molar-refractivity contribution >= 4 is 15.9 Å². The Morgan fingerprint density at radius 2 is 1.78 bits per heavy atom. The summed E-state index contributed by atoms with van der Waals surface area (Å²) in [5.41, 5.74) is 1.66. The van der Waals surface area contributed by atoms with Crippen LogP contribution >= 0.6 is 0 Å². The summed E-state index contributed by atoms with van der Waals surface area (Å²) in [6, 6.07) is 16.9. The molecule has 0 bridgehead atoms. The van der Waals surface area contributed by atoms with Crippen LogP contribution in [0.3, 0.4) is 0 Å². The molecule has 1 aliphatic heterocycles. The highest BCUT2D eigenvalue weighted by molar-refractivity contribution is 7.89. The summed E-state index contributed by atoms with van der Waals surface area (Å²) < 4.78 is 27.8. The average molecular weight is 456 g/mol. The van der Waals surface area contributed by atoms with Crippen LogP contribution in [0.15, 0.2) is 59.5 Å². The fourth-order valence-corrected chi connectivity index (χ4v) is 6.27. The molecule has 1 amide bonds. The number of nitrogens with zero attached hydrogens (tertiary/aromatic N) is 2. The first-order chi connectivity index (χ1) is 15.4. The Kier molecular flexibility index (Phi) is 7.28. The fraction of sp³-hybridized carbons (Fsp3) is 0.480. The third-order valence-electron chi connectivity index (χ3n) is 6.72. The van der Waals surface area contributed by atoms with Crippen molar-refractivity contribution in [3.05, 3.63) is 65.7 Å². The highest BCUT2D eigenvalue weighted by Crippen LogP contribution is 2.27. The third-order valence-corrected chi connectivity index (χ3v) is 8.62. The maximum absolute atomic E-state index is 13.2. The van der Waals surface area contributed by atoms with E-state index < -0.39 is 10.0 Å². The van der Waals surface area contributed by atoms with E-state index in [0.29, 0.717) is 5.56 Å². The van der Waals surface area contributed by atoms with Gasteiger partial charge in [-0.15, -0.1) is 0 Å². The van der Waals surface area contributed by atoms with Crippen LogP contribution in [-0.4, -0.2) is 55.8 Å². The number of sulfonamides is 1. The molecule has 2 aromatic carbocycles. The van der Waals surface area contributed by atoms with Gasteiger partial charge in [0, 0.05) is 44.3 Å². The van der Waals surface area contributed by atoms with Crippen LogP contribution < -0.4 is 5.32 Å². The molecule has 0 radical (unpaired) electrons. The summed E-state index contributed by atoms with van der Waals surface area (Å²) >= 11 is 0. The Labute approximate surface area is 191 Å². The van der Waals surface area contributed by atoms with Crippen molar-refractivity contribution in [1.82, 2.24) is 14.5 Å². The zero-order valence-electron chi connectivity index (χ0n) is 18.7. The number of amides is 1. The number of nitrogens with one attached hydrogen (secondary N) is 1. The van der Waals surface area contributed by atoms with Gasteiger partial charge in [0.25, 0.3) is 5.91 Å². The quantitative estimate of drug-likeness (QED) is 0.692. The van der Waals surface area contributed by atoms with Crippen LogP contribution in [-0.2, 0) is 16.6 Å². The monoisotopic (exact) mass is 455 g/mol. The number of benzene rings is 2. The highest BCUT2D eigenvalue weighted by atomic mass is 32.2. The van der Waals surface area contributed by atoms with E-state index in [1.807, 2.05) is 18.2 Å². The van der Waals surface area contributed by atoms with Crippen molar-refractivity contribution in [3.63, 3.8) is 0 Å². The van der Waals surface area contributed by atoms with Gasteiger partial charge in [0.05, 0.1) is 4.90 Å². The molecule has 172 valence electrons. The maximum Gasteiger partial charge on any atom is 0.251 e. The highest BCUT2D eigenvalue weighted by Gasteiger charge is 2.30. The molecule has 1 heterocycles. The molecule has 1 saturated heterocycles. The van der Waals surface area contributed by atoms with E-state index >= 15 is 0 Å². The lowest BCUT2D eigenvalue weighted by molar-refractivity contribution is 0.0937. The summed E-state index contributed by atoms with van der Waals surface area (Å²) in [4.78, 5) is 15.4. The summed E-state index contributed by atoms with van der Waals surface area (Å²) in [6.07, 6.45) is 5.99. The predicted molar refractivity (Wildman–Crippen MR) is 126 cm³/mol. The largest absolute Gasteiger partial charge is 0.348 e. The van der Waals surface area contributed by atoms with E-state index in [0.717, 1.165) is 51.7 Å². The second-order valence-corrected chi connectivity index (χ2v) is 11.0. The minimum atomic E-state index is -3.62. The van der Waals surface area contributed by atoms with Gasteiger partial charge in [-0.1, -0.05) is 55.7 Å². The van der Waals surface area contributed by atoms with Crippen LogP contribution in [0.1, 0.15) is 54.4 Å². The molecule has 0 spiro atoms. The summed E-state index contributed by atoms with van der Waals surface area (Å²) in [6.45, 7) is 2.60. The normalized spacial score (nSPS) is 20.5. The zero-order chi connectivity index (χ0) is 22.6. The molecule has 2 aliphatic rings. The van der Waals surface area contributed by atoms with Crippen molar-refractivity contribution in [2.75, 3.05) is 20.1 Å². The molecule has 0 aromatic heterocycles. The van der Waals surface area contributed by atoms with E-state index in [-0.39, 0.29) is 22.9 Å². The van der Waals surface area contributed by atoms with Crippen LogP contribution in [0, 0.1) is 0 Å². The van der Waals surface area contributed by atoms with Gasteiger partial charge in [-0.05, 0) is 43.0 Å². The number of rotatable bonds is 7. The molecule has 2 fully saturated rings. The van der Waals surface area contributed by atoms with E-state index in [9.17, 15) is 13.2 Å². The van der Waals surface area contributed by atoms with Crippen molar-refractivity contribution in [2.45, 2.75) is 62.0 Å². The van der Waals surface area contributed by atoms with Gasteiger partial charge in [0.2, 0.25) is 10.0 Å². The second-order valence-electron chi connectivity index (χ2n) is 9.02. The van der Waals surface area contributed by atoms with E-state index in [2.05, 4.69) is 22.3 Å². The Bertz CT molecular complexity index is 1020. The number of carbonyl (C=O) groups excluding carboxylic acids is 1. The number of hydrogen-bond donors (Lipinski definition) is 1. The van der Waals surface area contributed by atoms with Crippen molar-refractivity contribution in [1.29, 1.82) is 0 Å². The topological polar surface area (TPSA) is 69.7 Å². The zero-order valence-corrected chi connectivity index (χ0v) is 19.6. The second kappa shape index (κ2) is 10.1. The summed E-state index contributed by atoms with van der Waals surface area (Å²) in [5.74, 6) is -0.214. The first kappa shape index (κ1) is 23.0. The summed E-state index contributed by atoms with van der Waals surface area (Å²) in [5, 5.41) is 3.09. The molecule has 1 aliphatic carbocycles. The average Bonchev–Trinajstić information content (AvgIpc) is 3.26. The Hall–Kier alpha value is -2.22. The molecular weight excluding hydrogens is 422 g/mol. The maximum atomic E-state index is 13.2. The van der Waals surface area contributed by atoms with Crippen molar-refractivity contribution in [3.8, 4) is 0 Å². The molecule has 1 N–H and O–H groups in total. The van der Waals surface area contributed by atoms with Crippen LogP contribution in [0.4, 0.5) is 0 Å². The third kappa shape index (κ3) is 5.39. The minimum Gasteiger partial charge on any atom is -0.348 e. The molecule has 32 heavy (non-hydrogen) atoms. The smallest absolute Gasteiger partial charge is 0.251 e. The molecule has 7 heteroatoms. The molecule has 1 saturated carbocycles. The van der Waals surface area contributed by atoms with Gasteiger partial charge >= 0.3 is 0 Å². The molecule has 1 unspecified atom stereocenters. The predicted octanol–water partition coefficient (Wildman–Crippen LogP) is 3.64. The molecule has 4 rings (SSSR count). The fourth-order valence-electron chi connectivity index (χ4n) is 4.81. The van der Waals surface area contributed by atoms with Gasteiger partial charge in [-0.3, -0.25) is 9.69 Å². The van der Waals surface area contributed by atoms with Gasteiger partial charge in [-0.2, -0.15) is 4.31 Å². The lowest BCUT2D eigenvalue weighted by Gasteiger charge is -2.30. The van der Waals surface area contributed by atoms with Crippen molar-refractivity contribution in [2.24, 2.45) is 0 Å². The van der Waals surface area contributed by atoms with E-state index in [1.165, 1.54) is 22.4 Å².